The number of fused-ring (bicyclic) bond motifs is 3. The van der Waals surface area contributed by atoms with Gasteiger partial charge in [0.25, 0.3) is 0 Å². The lowest BCUT2D eigenvalue weighted by molar-refractivity contribution is 0.0516. The maximum absolute atomic E-state index is 12.3. The number of carbonyl (C=O) groups is 1. The van der Waals surface area contributed by atoms with Gasteiger partial charge in [0.05, 0.1) is 17.9 Å². The van der Waals surface area contributed by atoms with Crippen LogP contribution in [-0.2, 0) is 11.3 Å². The molecule has 0 unspecified atom stereocenters. The second-order valence-electron chi connectivity index (χ2n) is 7.49. The first-order valence-corrected chi connectivity index (χ1v) is 10.4. The maximum atomic E-state index is 12.3. The number of benzene rings is 3. The molecule has 4 nitrogen and oxygen atoms in total. The molecule has 0 aromatic heterocycles. The van der Waals surface area contributed by atoms with E-state index in [2.05, 4.69) is 48.5 Å². The van der Waals surface area contributed by atoms with Gasteiger partial charge >= 0.3 is 5.97 Å². The van der Waals surface area contributed by atoms with E-state index >= 15 is 0 Å². The highest BCUT2D eigenvalue weighted by molar-refractivity contribution is 6.00. The molecule has 0 heterocycles. The summed E-state index contributed by atoms with van der Waals surface area (Å²) in [7, 11) is 0. The van der Waals surface area contributed by atoms with Crippen LogP contribution >= 0.6 is 0 Å². The molecule has 0 N–H and O–H groups in total. The van der Waals surface area contributed by atoms with Gasteiger partial charge < -0.3 is 9.57 Å². The van der Waals surface area contributed by atoms with Crippen LogP contribution in [0.1, 0.15) is 53.7 Å². The van der Waals surface area contributed by atoms with Gasteiger partial charge in [-0.3, -0.25) is 0 Å². The molecule has 152 valence electrons. The Labute approximate surface area is 177 Å². The average molecular weight is 399 g/mol. The Balaban J connectivity index is 1.41. The van der Waals surface area contributed by atoms with Crippen molar-refractivity contribution in [3.63, 3.8) is 0 Å². The van der Waals surface area contributed by atoms with Gasteiger partial charge in [-0.15, -0.1) is 0 Å². The minimum absolute atomic E-state index is 0.443. The average Bonchev–Trinajstić information content (AvgIpc) is 3.15. The molecule has 0 spiro atoms. The molecule has 0 fully saturated rings. The van der Waals surface area contributed by atoms with E-state index in [-0.39, 0.29) is 0 Å². The minimum Gasteiger partial charge on any atom is -0.494 e. The SMILES string of the molecule is CCCCOc1ccc(C(=O)ON=C(C)c2ccc3c(c2)Cc2ccccc2-3)cc1. The lowest BCUT2D eigenvalue weighted by atomic mass is 10.0. The summed E-state index contributed by atoms with van der Waals surface area (Å²) in [6.07, 6.45) is 3.00. The Morgan fingerprint density at radius 1 is 0.933 bits per heavy atom. The van der Waals surface area contributed by atoms with Gasteiger partial charge in [-0.05, 0) is 77.9 Å². The number of nitrogens with zero attached hydrogens (tertiary/aromatic N) is 1. The van der Waals surface area contributed by atoms with Gasteiger partial charge in [0.15, 0.2) is 0 Å². The Kier molecular flexibility index (Phi) is 5.94. The Morgan fingerprint density at radius 3 is 2.47 bits per heavy atom. The van der Waals surface area contributed by atoms with E-state index in [1.54, 1.807) is 24.3 Å². The van der Waals surface area contributed by atoms with Crippen LogP contribution in [0.2, 0.25) is 0 Å². The topological polar surface area (TPSA) is 47.9 Å². The summed E-state index contributed by atoms with van der Waals surface area (Å²) in [5.41, 5.74) is 7.23. The molecule has 4 rings (SSSR count). The van der Waals surface area contributed by atoms with Crippen LogP contribution in [0.4, 0.5) is 0 Å². The van der Waals surface area contributed by atoms with Crippen molar-refractivity contribution < 1.29 is 14.4 Å². The zero-order chi connectivity index (χ0) is 20.9. The molecular weight excluding hydrogens is 374 g/mol. The summed E-state index contributed by atoms with van der Waals surface area (Å²) in [4.78, 5) is 17.5. The summed E-state index contributed by atoms with van der Waals surface area (Å²) in [5.74, 6) is 0.266. The first-order valence-electron chi connectivity index (χ1n) is 10.4. The molecule has 1 aliphatic carbocycles. The molecule has 0 amide bonds. The zero-order valence-corrected chi connectivity index (χ0v) is 17.4. The molecule has 3 aromatic carbocycles. The van der Waals surface area contributed by atoms with Gasteiger partial charge in [-0.25, -0.2) is 4.79 Å². The van der Waals surface area contributed by atoms with E-state index in [0.717, 1.165) is 30.6 Å². The largest absolute Gasteiger partial charge is 0.494 e. The fraction of sp³-hybridized carbons (Fsp3) is 0.231. The van der Waals surface area contributed by atoms with Crippen LogP contribution in [0.3, 0.4) is 0 Å². The van der Waals surface area contributed by atoms with Gasteiger partial charge in [-0.2, -0.15) is 0 Å². The number of unbranched alkanes of at least 4 members (excludes halogenated alkanes) is 1. The van der Waals surface area contributed by atoms with Crippen molar-refractivity contribution in [2.24, 2.45) is 5.16 Å². The first-order chi connectivity index (χ1) is 14.7. The third-order valence-electron chi connectivity index (χ3n) is 5.33. The maximum Gasteiger partial charge on any atom is 0.365 e. The summed E-state index contributed by atoms with van der Waals surface area (Å²) < 4.78 is 5.62. The van der Waals surface area contributed by atoms with Crippen LogP contribution in [0, 0.1) is 0 Å². The molecule has 4 heteroatoms. The number of oxime groups is 1. The van der Waals surface area contributed by atoms with Gasteiger partial charge in [-0.1, -0.05) is 54.9 Å². The Hall–Kier alpha value is -3.40. The lowest BCUT2D eigenvalue weighted by Gasteiger charge is -2.06. The van der Waals surface area contributed by atoms with Crippen LogP contribution in [0.15, 0.2) is 71.9 Å². The minimum atomic E-state index is -0.483. The second kappa shape index (κ2) is 8.95. The summed E-state index contributed by atoms with van der Waals surface area (Å²) >= 11 is 0. The van der Waals surface area contributed by atoms with E-state index < -0.39 is 5.97 Å². The molecule has 0 atom stereocenters. The lowest BCUT2D eigenvalue weighted by Crippen LogP contribution is -2.04. The highest BCUT2D eigenvalue weighted by Crippen LogP contribution is 2.36. The number of rotatable bonds is 7. The normalized spacial score (nSPS) is 12.3. The van der Waals surface area contributed by atoms with Crippen LogP contribution < -0.4 is 4.74 Å². The van der Waals surface area contributed by atoms with Crippen molar-refractivity contribution in [1.82, 2.24) is 0 Å². The van der Waals surface area contributed by atoms with Crippen LogP contribution in [-0.4, -0.2) is 18.3 Å². The fourth-order valence-corrected chi connectivity index (χ4v) is 3.61. The fourth-order valence-electron chi connectivity index (χ4n) is 3.61. The van der Waals surface area contributed by atoms with Crippen molar-refractivity contribution >= 4 is 11.7 Å². The van der Waals surface area contributed by atoms with Crippen molar-refractivity contribution in [1.29, 1.82) is 0 Å². The molecule has 0 saturated heterocycles. The van der Waals surface area contributed by atoms with E-state index in [1.165, 1.54) is 22.3 Å². The number of hydrogen-bond donors (Lipinski definition) is 0. The Morgan fingerprint density at radius 2 is 1.67 bits per heavy atom. The highest BCUT2D eigenvalue weighted by atomic mass is 16.7. The van der Waals surface area contributed by atoms with E-state index in [0.29, 0.717) is 17.9 Å². The Bertz CT molecular complexity index is 1080. The third kappa shape index (κ3) is 4.28. The zero-order valence-electron chi connectivity index (χ0n) is 17.4. The monoisotopic (exact) mass is 399 g/mol. The highest BCUT2D eigenvalue weighted by Gasteiger charge is 2.18. The van der Waals surface area contributed by atoms with Gasteiger partial charge in [0.1, 0.15) is 5.75 Å². The van der Waals surface area contributed by atoms with Crippen molar-refractivity contribution in [3.8, 4) is 16.9 Å². The van der Waals surface area contributed by atoms with Gasteiger partial charge in [0, 0.05) is 0 Å². The van der Waals surface area contributed by atoms with E-state index in [9.17, 15) is 4.79 Å². The quantitative estimate of drug-likeness (QED) is 0.165. The van der Waals surface area contributed by atoms with Crippen LogP contribution in [0.5, 0.6) is 5.75 Å². The smallest absolute Gasteiger partial charge is 0.365 e. The van der Waals surface area contributed by atoms with Crippen molar-refractivity contribution in [2.45, 2.75) is 33.1 Å². The van der Waals surface area contributed by atoms with E-state index in [1.807, 2.05) is 13.0 Å². The molecule has 0 saturated carbocycles. The summed E-state index contributed by atoms with van der Waals surface area (Å²) in [6, 6.07) is 21.7. The van der Waals surface area contributed by atoms with Gasteiger partial charge in [0.2, 0.25) is 0 Å². The molecule has 0 aliphatic heterocycles. The molecule has 0 bridgehead atoms. The number of ether oxygens (including phenoxy) is 1. The van der Waals surface area contributed by atoms with Crippen molar-refractivity contribution in [2.75, 3.05) is 6.61 Å². The molecule has 30 heavy (non-hydrogen) atoms. The first kappa shape index (κ1) is 19.9. The summed E-state index contributed by atoms with van der Waals surface area (Å²) in [6.45, 7) is 4.64. The van der Waals surface area contributed by atoms with Crippen LogP contribution in [0.25, 0.3) is 11.1 Å². The molecular formula is C26H25NO3. The second-order valence-corrected chi connectivity index (χ2v) is 7.49. The summed E-state index contributed by atoms with van der Waals surface area (Å²) in [5, 5.41) is 4.06. The molecule has 1 aliphatic rings. The predicted molar refractivity (Wildman–Crippen MR) is 119 cm³/mol. The molecule has 0 radical (unpaired) electrons. The number of carbonyl (C=O) groups excluding carboxylic acids is 1. The predicted octanol–water partition coefficient (Wildman–Crippen LogP) is 6.02. The van der Waals surface area contributed by atoms with Crippen molar-refractivity contribution in [3.05, 3.63) is 89.0 Å². The third-order valence-corrected chi connectivity index (χ3v) is 5.33. The van der Waals surface area contributed by atoms with E-state index in [4.69, 9.17) is 9.57 Å². The molecule has 3 aromatic rings. The number of hydrogen-bond acceptors (Lipinski definition) is 4. The standard InChI is InChI=1S/C26H25NO3/c1-3-4-15-29-23-12-9-19(10-13-23)26(28)30-27-18(2)20-11-14-25-22(16-20)17-21-7-5-6-8-24(21)25/h5-14,16H,3-4,15,17H2,1-2H3.